The first-order chi connectivity index (χ1) is 4.31. The molecule has 12 heavy (non-hydrogen) atoms. The zero-order valence-corrected chi connectivity index (χ0v) is 14.5. The first kappa shape index (κ1) is 23.6. The van der Waals surface area contributed by atoms with Crippen LogP contribution in [0.15, 0.2) is 5.57 Å². The first-order valence-electron chi connectivity index (χ1n) is 3.59. The Hall–Kier alpha value is 1.95. The Morgan fingerprint density at radius 1 is 1.42 bits per heavy atom. The monoisotopic (exact) mass is 317 g/mol. The number of allylic oxidation sites excluding steroid dienone is 2. The zero-order chi connectivity index (χ0) is 7.11. The van der Waals surface area contributed by atoms with Crippen LogP contribution in [0.4, 0.5) is 0 Å². The van der Waals surface area contributed by atoms with Crippen molar-refractivity contribution < 1.29 is 65.4 Å². The maximum absolute atomic E-state index is 3.13. The molecule has 0 fully saturated rings. The smallest absolute Gasteiger partial charge is 0.501 e. The van der Waals surface area contributed by atoms with Crippen molar-refractivity contribution in [1.82, 2.24) is 0 Å². The van der Waals surface area contributed by atoms with Gasteiger partial charge in [-0.25, -0.2) is 0 Å². The molecule has 0 aliphatic carbocycles. The summed E-state index contributed by atoms with van der Waals surface area (Å²) in [7, 11) is 0. The molecule has 0 saturated heterocycles. The van der Waals surface area contributed by atoms with Crippen LogP contribution >= 0.6 is 0 Å². The summed E-state index contributed by atoms with van der Waals surface area (Å²) >= 11 is 0. The summed E-state index contributed by atoms with van der Waals surface area (Å²) in [6, 6.07) is 0. The summed E-state index contributed by atoms with van der Waals surface area (Å²) < 4.78 is 0. The molecule has 0 saturated carbocycles. The summed E-state index contributed by atoms with van der Waals surface area (Å²) in [4.78, 5) is 0. The van der Waals surface area contributed by atoms with Crippen LogP contribution in [0.2, 0.25) is 0 Å². The van der Waals surface area contributed by atoms with Gasteiger partial charge in [-0.15, -0.1) is 0 Å². The van der Waals surface area contributed by atoms with Crippen molar-refractivity contribution >= 4 is 0 Å². The largest absolute Gasteiger partial charge is 3.00 e. The molecule has 0 unspecified atom stereocenters. The van der Waals surface area contributed by atoms with Gasteiger partial charge in [0.05, 0.1) is 0 Å². The minimum absolute atomic E-state index is 0. The number of unbranched alkanes of at least 4 members (excludes halogenated alkanes) is 2. The molecule has 0 N–H and O–H groups in total. The van der Waals surface area contributed by atoms with E-state index in [0.29, 0.717) is 0 Å². The van der Waals surface area contributed by atoms with E-state index >= 15 is 0 Å². The van der Waals surface area contributed by atoms with E-state index in [9.17, 15) is 0 Å². The Labute approximate surface area is 129 Å². The van der Waals surface area contributed by atoms with E-state index in [4.69, 9.17) is 0 Å². The molecule has 0 atom stereocenters. The average molecular weight is 317 g/mol. The van der Waals surface area contributed by atoms with Crippen LogP contribution in [-0.2, 0) is 65.4 Å². The molecule has 0 aromatic rings. The van der Waals surface area contributed by atoms with Crippen LogP contribution in [0, 0.1) is 19.9 Å². The van der Waals surface area contributed by atoms with Gasteiger partial charge in [-0.05, 0) is 0 Å². The van der Waals surface area contributed by atoms with Crippen molar-refractivity contribution in [3.63, 3.8) is 0 Å². The van der Waals surface area contributed by atoms with Gasteiger partial charge in [-0.3, -0.25) is 5.57 Å². The SMILES string of the molecule is C[C-]=C(C)CCC[CH-]C.[CH3-].[Y+3].[Y]. The zero-order valence-electron chi connectivity index (χ0n) is 8.85. The van der Waals surface area contributed by atoms with Crippen LogP contribution < -0.4 is 0 Å². The Bertz CT molecular complexity index is 87.8. The summed E-state index contributed by atoms with van der Waals surface area (Å²) in [5, 5.41) is 0. The van der Waals surface area contributed by atoms with Crippen molar-refractivity contribution in [3.05, 3.63) is 25.5 Å². The van der Waals surface area contributed by atoms with Gasteiger partial charge in [0.1, 0.15) is 0 Å². The average Bonchev–Trinajstić information content (AvgIpc) is 1.89. The van der Waals surface area contributed by atoms with E-state index in [1.165, 1.54) is 24.8 Å². The van der Waals surface area contributed by atoms with Gasteiger partial charge in [-0.2, -0.15) is 20.3 Å². The van der Waals surface area contributed by atoms with Gasteiger partial charge in [0.15, 0.2) is 0 Å². The van der Waals surface area contributed by atoms with E-state index < -0.39 is 0 Å². The second-order valence-electron chi connectivity index (χ2n) is 2.33. The normalized spacial score (nSPS) is 9.08. The molecule has 0 aromatic carbocycles. The molecule has 0 nitrogen and oxygen atoms in total. The van der Waals surface area contributed by atoms with Crippen molar-refractivity contribution in [2.24, 2.45) is 0 Å². The summed E-state index contributed by atoms with van der Waals surface area (Å²) in [6.45, 7) is 6.22. The van der Waals surface area contributed by atoms with Gasteiger partial charge in [0.2, 0.25) is 0 Å². The maximum atomic E-state index is 3.13. The maximum Gasteiger partial charge on any atom is 3.00 e. The molecular weight excluding hydrogens is 298 g/mol. The van der Waals surface area contributed by atoms with Gasteiger partial charge in [0, 0.05) is 32.7 Å². The van der Waals surface area contributed by atoms with Crippen LogP contribution in [0.5, 0.6) is 0 Å². The van der Waals surface area contributed by atoms with Crippen LogP contribution in [0.1, 0.15) is 40.0 Å². The number of hydrogen-bond donors (Lipinski definition) is 0. The molecule has 0 rings (SSSR count). The van der Waals surface area contributed by atoms with Gasteiger partial charge >= 0.3 is 32.7 Å². The quantitative estimate of drug-likeness (QED) is 0.549. The Morgan fingerprint density at radius 2 is 1.92 bits per heavy atom. The summed E-state index contributed by atoms with van der Waals surface area (Å²) in [5.74, 6) is 0. The van der Waals surface area contributed by atoms with Crippen molar-refractivity contribution in [2.75, 3.05) is 0 Å². The van der Waals surface area contributed by atoms with Crippen molar-refractivity contribution in [1.29, 1.82) is 0 Å². The van der Waals surface area contributed by atoms with Crippen LogP contribution in [-0.4, -0.2) is 0 Å². The third-order valence-electron chi connectivity index (χ3n) is 1.47. The molecule has 2 heteroatoms. The Balaban J connectivity index is -0.000000107. The molecule has 0 spiro atoms. The first-order valence-corrected chi connectivity index (χ1v) is 3.59. The van der Waals surface area contributed by atoms with E-state index in [2.05, 4.69) is 26.3 Å². The summed E-state index contributed by atoms with van der Waals surface area (Å²) in [6.07, 6.45) is 9.06. The fourth-order valence-electron chi connectivity index (χ4n) is 0.696. The second-order valence-corrected chi connectivity index (χ2v) is 2.33. The number of hydrogen-bond acceptors (Lipinski definition) is 0. The van der Waals surface area contributed by atoms with Gasteiger partial charge in [0.25, 0.3) is 0 Å². The fraction of sp³-hybridized carbons (Fsp3) is 0.600. The second kappa shape index (κ2) is 18.7. The predicted octanol–water partition coefficient (Wildman–Crippen LogP) is 3.60. The Morgan fingerprint density at radius 3 is 2.25 bits per heavy atom. The minimum Gasteiger partial charge on any atom is -0.501 e. The molecule has 0 aliphatic rings. The van der Waals surface area contributed by atoms with Crippen LogP contribution in [0.25, 0.3) is 0 Å². The minimum atomic E-state index is 0. The molecule has 0 aliphatic heterocycles. The van der Waals surface area contributed by atoms with Crippen molar-refractivity contribution in [2.45, 2.75) is 40.0 Å². The predicted molar refractivity (Wildman–Crippen MR) is 48.3 cm³/mol. The molecular formula is C10H19Y2. The Kier molecular flexibility index (Phi) is 36.8. The number of rotatable bonds is 4. The molecule has 0 heterocycles. The third kappa shape index (κ3) is 17.9. The fourth-order valence-corrected chi connectivity index (χ4v) is 0.696. The van der Waals surface area contributed by atoms with E-state index in [1.807, 2.05) is 6.92 Å². The molecule has 0 bridgehead atoms. The molecule has 0 aromatic heterocycles. The molecule has 1 radical (unpaired) electrons. The molecule has 0 amide bonds. The molecule has 65 valence electrons. The summed E-state index contributed by atoms with van der Waals surface area (Å²) in [5.41, 5.74) is 1.39. The van der Waals surface area contributed by atoms with Gasteiger partial charge in [-0.1, -0.05) is 19.8 Å². The van der Waals surface area contributed by atoms with Gasteiger partial charge < -0.3 is 19.9 Å². The standard InChI is InChI=1S/C9H16.CH3.2Y/c1-4-6-7-8-9(3)5-2;;;/h4H,6-8H2,1-3H3;1H3;;/q-2;-1;;+3. The third-order valence-corrected chi connectivity index (χ3v) is 1.47. The van der Waals surface area contributed by atoms with E-state index in [1.54, 1.807) is 0 Å². The van der Waals surface area contributed by atoms with Crippen molar-refractivity contribution in [3.8, 4) is 0 Å². The van der Waals surface area contributed by atoms with Crippen LogP contribution in [0.3, 0.4) is 0 Å². The van der Waals surface area contributed by atoms with E-state index in [-0.39, 0.29) is 72.8 Å². The van der Waals surface area contributed by atoms with E-state index in [0.717, 1.165) is 0 Å². The topological polar surface area (TPSA) is 0 Å².